The second kappa shape index (κ2) is 11.5. The quantitative estimate of drug-likeness (QED) is 0.292. The first-order chi connectivity index (χ1) is 18.1. The molecular weight excluding hydrogens is 691 g/mol. The largest absolute Gasteiger partial charge is 0.506 e. The van der Waals surface area contributed by atoms with Crippen molar-refractivity contribution in [3.8, 4) is 23.0 Å². The van der Waals surface area contributed by atoms with E-state index in [9.17, 15) is 14.7 Å². The Morgan fingerprint density at radius 2 is 1.84 bits per heavy atom. The zero-order chi connectivity index (χ0) is 27.7. The Morgan fingerprint density at radius 1 is 1.18 bits per heavy atom. The Balaban J connectivity index is 2.02. The van der Waals surface area contributed by atoms with Gasteiger partial charge in [-0.3, -0.25) is 9.36 Å². The van der Waals surface area contributed by atoms with Crippen LogP contribution < -0.4 is 29.1 Å². The number of nitrogens with zero attached hydrogens (tertiary/aromatic N) is 2. The highest BCUT2D eigenvalue weighted by Crippen LogP contribution is 2.42. The van der Waals surface area contributed by atoms with Crippen molar-refractivity contribution in [2.45, 2.75) is 19.9 Å². The van der Waals surface area contributed by atoms with E-state index < -0.39 is 12.0 Å². The summed E-state index contributed by atoms with van der Waals surface area (Å²) >= 11 is 6.57. The van der Waals surface area contributed by atoms with E-state index in [0.29, 0.717) is 45.9 Å². The molecule has 9 nitrogen and oxygen atoms in total. The van der Waals surface area contributed by atoms with E-state index in [1.54, 1.807) is 44.2 Å². The molecule has 1 aliphatic heterocycles. The van der Waals surface area contributed by atoms with Gasteiger partial charge in [0.1, 0.15) is 5.75 Å². The van der Waals surface area contributed by atoms with Crippen molar-refractivity contribution < 1.29 is 28.8 Å². The SMILES string of the molecule is CCOC(=O)C1=C(C)N=c2s/c(=C\c3cc(Br)c(O)c(I)c3)c(=O)n2[C@@H]1c1cc(OC)c(OC)c(OC)c1. The first kappa shape index (κ1) is 28.2. The summed E-state index contributed by atoms with van der Waals surface area (Å²) in [7, 11) is 4.49. The standard InChI is InChI=1S/C26H24BrIN2O7S/c1-6-37-25(33)20-12(2)29-26-30(21(20)14-10-17(34-3)23(36-5)18(11-14)35-4)24(32)19(38-26)9-13-7-15(27)22(31)16(28)8-13/h7-11,21,31H,6H2,1-5H3/b19-9-/t21-/m1/s1. The predicted molar refractivity (Wildman–Crippen MR) is 155 cm³/mol. The average Bonchev–Trinajstić information content (AvgIpc) is 3.19. The topological polar surface area (TPSA) is 109 Å². The molecule has 4 rings (SSSR count). The van der Waals surface area contributed by atoms with Gasteiger partial charge in [0.2, 0.25) is 5.75 Å². The van der Waals surface area contributed by atoms with Crippen molar-refractivity contribution in [1.29, 1.82) is 0 Å². The van der Waals surface area contributed by atoms with Crippen LogP contribution in [0.3, 0.4) is 0 Å². The summed E-state index contributed by atoms with van der Waals surface area (Å²) in [5.41, 5.74) is 1.63. The Morgan fingerprint density at radius 3 is 2.39 bits per heavy atom. The second-order valence-corrected chi connectivity index (χ2v) is 11.1. The Hall–Kier alpha value is -2.84. The number of hydrogen-bond acceptors (Lipinski definition) is 9. The van der Waals surface area contributed by atoms with Crippen LogP contribution in [0.4, 0.5) is 0 Å². The molecule has 0 saturated heterocycles. The molecule has 200 valence electrons. The number of aromatic hydroxyl groups is 1. The van der Waals surface area contributed by atoms with Crippen molar-refractivity contribution in [1.82, 2.24) is 4.57 Å². The lowest BCUT2D eigenvalue weighted by atomic mass is 9.95. The molecule has 1 aromatic heterocycles. The minimum absolute atomic E-state index is 0.126. The van der Waals surface area contributed by atoms with Crippen LogP contribution in [0.2, 0.25) is 0 Å². The number of allylic oxidation sites excluding steroid dienone is 1. The Kier molecular flexibility index (Phi) is 8.52. The minimum atomic E-state index is -0.854. The van der Waals surface area contributed by atoms with Crippen LogP contribution in [0.1, 0.15) is 31.0 Å². The lowest BCUT2D eigenvalue weighted by Gasteiger charge is -2.26. The van der Waals surface area contributed by atoms with E-state index in [1.807, 2.05) is 22.6 Å². The molecule has 0 aliphatic carbocycles. The number of thiazole rings is 1. The van der Waals surface area contributed by atoms with Gasteiger partial charge in [-0.15, -0.1) is 0 Å². The molecule has 0 amide bonds. The number of phenols is 1. The van der Waals surface area contributed by atoms with Gasteiger partial charge >= 0.3 is 5.97 Å². The molecule has 1 aliphatic rings. The highest BCUT2D eigenvalue weighted by atomic mass is 127. The monoisotopic (exact) mass is 714 g/mol. The van der Waals surface area contributed by atoms with E-state index in [2.05, 4.69) is 20.9 Å². The summed E-state index contributed by atoms with van der Waals surface area (Å²) < 4.78 is 24.9. The molecule has 0 spiro atoms. The van der Waals surface area contributed by atoms with Crippen LogP contribution in [0, 0.1) is 3.57 Å². The van der Waals surface area contributed by atoms with Crippen molar-refractivity contribution in [2.24, 2.45) is 4.99 Å². The number of aromatic nitrogens is 1. The molecule has 2 aromatic carbocycles. The van der Waals surface area contributed by atoms with Gasteiger partial charge in [-0.1, -0.05) is 11.3 Å². The number of rotatable bonds is 7. The molecular formula is C26H24BrIN2O7S. The number of esters is 1. The van der Waals surface area contributed by atoms with Crippen LogP contribution in [-0.4, -0.2) is 43.6 Å². The number of ether oxygens (including phenoxy) is 4. The number of halogens is 2. The molecule has 3 aromatic rings. The highest BCUT2D eigenvalue weighted by molar-refractivity contribution is 14.1. The fourth-order valence-corrected chi connectivity index (χ4v) is 6.73. The van der Waals surface area contributed by atoms with Gasteiger partial charge in [-0.05, 0) is 93.8 Å². The second-order valence-electron chi connectivity index (χ2n) is 8.09. The molecule has 0 bridgehead atoms. The van der Waals surface area contributed by atoms with Crippen LogP contribution in [0.25, 0.3) is 6.08 Å². The zero-order valence-corrected chi connectivity index (χ0v) is 25.7. The molecule has 1 atom stereocenters. The number of carbonyl (C=O) groups excluding carboxylic acids is 1. The summed E-state index contributed by atoms with van der Waals surface area (Å²) in [6.07, 6.45) is 1.73. The van der Waals surface area contributed by atoms with Crippen molar-refractivity contribution in [3.05, 3.63) is 74.4 Å². The number of phenolic OH excluding ortho intramolecular Hbond substituents is 1. The van der Waals surface area contributed by atoms with Gasteiger partial charge in [-0.25, -0.2) is 9.79 Å². The first-order valence-corrected chi connectivity index (χ1v) is 14.0. The van der Waals surface area contributed by atoms with Gasteiger partial charge in [-0.2, -0.15) is 0 Å². The van der Waals surface area contributed by atoms with E-state index >= 15 is 0 Å². The smallest absolute Gasteiger partial charge is 0.338 e. The van der Waals surface area contributed by atoms with Crippen molar-refractivity contribution in [3.63, 3.8) is 0 Å². The molecule has 1 N–H and O–H groups in total. The van der Waals surface area contributed by atoms with E-state index in [4.69, 9.17) is 18.9 Å². The third-order valence-corrected chi connectivity index (χ3v) is 8.27. The van der Waals surface area contributed by atoms with Gasteiger partial charge in [0.25, 0.3) is 5.56 Å². The first-order valence-electron chi connectivity index (χ1n) is 11.3. The maximum absolute atomic E-state index is 13.9. The summed E-state index contributed by atoms with van der Waals surface area (Å²) in [5.74, 6) is 0.702. The fraction of sp³-hybridized carbons (Fsp3) is 0.269. The number of benzene rings is 2. The number of methoxy groups -OCH3 is 3. The number of carbonyl (C=O) groups is 1. The molecule has 0 saturated carbocycles. The van der Waals surface area contributed by atoms with Gasteiger partial charge in [0, 0.05) is 0 Å². The normalized spacial score (nSPS) is 15.1. The lowest BCUT2D eigenvalue weighted by molar-refractivity contribution is -0.139. The summed E-state index contributed by atoms with van der Waals surface area (Å²) in [4.78, 5) is 32.1. The highest BCUT2D eigenvalue weighted by Gasteiger charge is 2.34. The zero-order valence-electron chi connectivity index (χ0n) is 21.1. The maximum atomic E-state index is 13.9. The van der Waals surface area contributed by atoms with Crippen LogP contribution >= 0.6 is 49.9 Å². The average molecular weight is 715 g/mol. The van der Waals surface area contributed by atoms with Crippen LogP contribution in [0.5, 0.6) is 23.0 Å². The summed E-state index contributed by atoms with van der Waals surface area (Å²) in [6.45, 7) is 3.60. The minimum Gasteiger partial charge on any atom is -0.506 e. The molecule has 0 unspecified atom stereocenters. The van der Waals surface area contributed by atoms with Crippen molar-refractivity contribution in [2.75, 3.05) is 27.9 Å². The molecule has 0 radical (unpaired) electrons. The summed E-state index contributed by atoms with van der Waals surface area (Å²) in [6, 6.07) is 6.06. The summed E-state index contributed by atoms with van der Waals surface area (Å²) in [5, 5.41) is 10.1. The molecule has 0 fully saturated rings. The van der Waals surface area contributed by atoms with Gasteiger partial charge < -0.3 is 24.1 Å². The predicted octanol–water partition coefficient (Wildman–Crippen LogP) is 3.90. The van der Waals surface area contributed by atoms with Crippen LogP contribution in [0.15, 0.2) is 49.8 Å². The van der Waals surface area contributed by atoms with Gasteiger partial charge in [0.15, 0.2) is 16.3 Å². The van der Waals surface area contributed by atoms with Gasteiger partial charge in [0.05, 0.1) is 57.8 Å². The number of hydrogen-bond donors (Lipinski definition) is 1. The third kappa shape index (κ3) is 5.08. The molecule has 2 heterocycles. The third-order valence-electron chi connectivity index (χ3n) is 5.86. The van der Waals surface area contributed by atoms with Crippen molar-refractivity contribution >= 4 is 61.9 Å². The Labute approximate surface area is 244 Å². The fourth-order valence-electron chi connectivity index (χ4n) is 4.19. The molecule has 38 heavy (non-hydrogen) atoms. The maximum Gasteiger partial charge on any atom is 0.338 e. The lowest BCUT2D eigenvalue weighted by Crippen LogP contribution is -2.40. The van der Waals surface area contributed by atoms with E-state index in [0.717, 1.165) is 5.56 Å². The molecule has 12 heteroatoms. The Bertz CT molecular complexity index is 1600. The van der Waals surface area contributed by atoms with E-state index in [-0.39, 0.29) is 23.5 Å². The number of fused-ring (bicyclic) bond motifs is 1. The van der Waals surface area contributed by atoms with Crippen LogP contribution in [-0.2, 0) is 9.53 Å². The van der Waals surface area contributed by atoms with E-state index in [1.165, 1.54) is 37.2 Å².